The van der Waals surface area contributed by atoms with Crippen LogP contribution in [0.1, 0.15) is 23.4 Å². The van der Waals surface area contributed by atoms with Crippen LogP contribution < -0.4 is 0 Å². The SMILES string of the molecule is Cc1cc(C)c([S+]([O-])CC#N)cc1-n1cnc(C(F)F)n1. The molecule has 0 radical (unpaired) electrons. The predicted molar refractivity (Wildman–Crippen MR) is 72.7 cm³/mol. The number of rotatable bonds is 4. The summed E-state index contributed by atoms with van der Waals surface area (Å²) in [5, 5.41) is 12.3. The highest BCUT2D eigenvalue weighted by atomic mass is 32.2. The first-order valence-electron chi connectivity index (χ1n) is 6.00. The molecule has 0 amide bonds. The number of aromatic nitrogens is 3. The molecule has 1 heterocycles. The fourth-order valence-electron chi connectivity index (χ4n) is 1.94. The van der Waals surface area contributed by atoms with Crippen LogP contribution in [-0.2, 0) is 11.2 Å². The molecule has 0 bridgehead atoms. The van der Waals surface area contributed by atoms with E-state index in [1.165, 1.54) is 11.0 Å². The molecule has 0 aliphatic heterocycles. The minimum Gasteiger partial charge on any atom is -0.611 e. The van der Waals surface area contributed by atoms with Crippen molar-refractivity contribution in [3.63, 3.8) is 0 Å². The third-order valence-electron chi connectivity index (χ3n) is 2.89. The van der Waals surface area contributed by atoms with Crippen molar-refractivity contribution in [1.29, 1.82) is 5.26 Å². The average Bonchev–Trinajstić information content (AvgIpc) is 2.88. The summed E-state index contributed by atoms with van der Waals surface area (Å²) in [6, 6.07) is 5.23. The van der Waals surface area contributed by atoms with Crippen molar-refractivity contribution in [2.24, 2.45) is 0 Å². The van der Waals surface area contributed by atoms with Gasteiger partial charge < -0.3 is 4.55 Å². The van der Waals surface area contributed by atoms with Gasteiger partial charge in [0.05, 0.1) is 5.69 Å². The van der Waals surface area contributed by atoms with Gasteiger partial charge in [-0.05, 0) is 25.5 Å². The lowest BCUT2D eigenvalue weighted by Gasteiger charge is -2.13. The van der Waals surface area contributed by atoms with Gasteiger partial charge in [0, 0.05) is 22.8 Å². The number of benzene rings is 1. The third-order valence-corrected chi connectivity index (χ3v) is 4.21. The van der Waals surface area contributed by atoms with Gasteiger partial charge in [-0.3, -0.25) is 0 Å². The molecular formula is C13H12F2N4OS. The van der Waals surface area contributed by atoms with E-state index in [0.717, 1.165) is 11.1 Å². The maximum Gasteiger partial charge on any atom is 0.299 e. The summed E-state index contributed by atoms with van der Waals surface area (Å²) in [4.78, 5) is 4.03. The Bertz CT molecular complexity index is 696. The second-order valence-electron chi connectivity index (χ2n) is 4.40. The summed E-state index contributed by atoms with van der Waals surface area (Å²) < 4.78 is 38.3. The summed E-state index contributed by atoms with van der Waals surface area (Å²) >= 11 is -1.46. The summed E-state index contributed by atoms with van der Waals surface area (Å²) in [5.41, 5.74) is 2.08. The molecule has 1 aromatic carbocycles. The summed E-state index contributed by atoms with van der Waals surface area (Å²) in [5.74, 6) is -0.683. The van der Waals surface area contributed by atoms with Crippen molar-refractivity contribution >= 4 is 11.2 Å². The van der Waals surface area contributed by atoms with Crippen LogP contribution in [-0.4, -0.2) is 25.1 Å². The zero-order chi connectivity index (χ0) is 15.6. The van der Waals surface area contributed by atoms with E-state index < -0.39 is 23.4 Å². The Hall–Kier alpha value is -1.98. The van der Waals surface area contributed by atoms with E-state index in [-0.39, 0.29) is 5.75 Å². The lowest BCUT2D eigenvalue weighted by atomic mass is 10.1. The van der Waals surface area contributed by atoms with Gasteiger partial charge in [-0.1, -0.05) is 0 Å². The Morgan fingerprint density at radius 3 is 2.67 bits per heavy atom. The molecule has 21 heavy (non-hydrogen) atoms. The van der Waals surface area contributed by atoms with Gasteiger partial charge in [0.1, 0.15) is 12.4 Å². The number of nitriles is 1. The van der Waals surface area contributed by atoms with Crippen LogP contribution in [0.2, 0.25) is 0 Å². The molecule has 2 aromatic rings. The van der Waals surface area contributed by atoms with Crippen molar-refractivity contribution < 1.29 is 13.3 Å². The molecular weight excluding hydrogens is 298 g/mol. The molecule has 5 nitrogen and oxygen atoms in total. The first-order chi connectivity index (χ1) is 9.93. The molecule has 0 fully saturated rings. The molecule has 1 aromatic heterocycles. The van der Waals surface area contributed by atoms with E-state index in [4.69, 9.17) is 5.26 Å². The molecule has 0 saturated heterocycles. The fourth-order valence-corrected chi connectivity index (χ4v) is 2.88. The maximum atomic E-state index is 12.5. The van der Waals surface area contributed by atoms with E-state index in [0.29, 0.717) is 10.6 Å². The van der Waals surface area contributed by atoms with Gasteiger partial charge in [-0.2, -0.15) is 5.26 Å². The fraction of sp³-hybridized carbons (Fsp3) is 0.308. The molecule has 0 aliphatic carbocycles. The van der Waals surface area contributed by atoms with Crippen molar-refractivity contribution in [2.75, 3.05) is 5.75 Å². The summed E-state index contributed by atoms with van der Waals surface area (Å²) in [7, 11) is 0. The quantitative estimate of drug-likeness (QED) is 0.813. The second kappa shape index (κ2) is 6.20. The zero-order valence-electron chi connectivity index (χ0n) is 11.4. The lowest BCUT2D eigenvalue weighted by Crippen LogP contribution is -2.09. The van der Waals surface area contributed by atoms with Gasteiger partial charge in [-0.25, -0.2) is 18.4 Å². The Balaban J connectivity index is 2.48. The smallest absolute Gasteiger partial charge is 0.299 e. The van der Waals surface area contributed by atoms with Crippen LogP contribution in [0, 0.1) is 25.2 Å². The highest BCUT2D eigenvalue weighted by molar-refractivity contribution is 7.91. The standard InChI is InChI=1S/C13H12F2N4OS/c1-8-5-9(2)11(21(20)4-3-16)6-10(8)19-7-17-13(18-19)12(14)15/h5-7,12H,4H2,1-2H3. The highest BCUT2D eigenvalue weighted by Gasteiger charge is 2.19. The Morgan fingerprint density at radius 2 is 2.10 bits per heavy atom. The van der Waals surface area contributed by atoms with Crippen LogP contribution in [0.25, 0.3) is 5.69 Å². The number of aryl methyl sites for hydroxylation is 2. The Labute approximate surface area is 123 Å². The summed E-state index contributed by atoms with van der Waals surface area (Å²) in [6.07, 6.45) is -1.56. The topological polar surface area (TPSA) is 77.6 Å². The Kier molecular flexibility index (Phi) is 4.55. The lowest BCUT2D eigenvalue weighted by molar-refractivity contribution is 0.140. The van der Waals surface area contributed by atoms with E-state index >= 15 is 0 Å². The van der Waals surface area contributed by atoms with Gasteiger partial charge in [0.2, 0.25) is 5.82 Å². The van der Waals surface area contributed by atoms with Gasteiger partial charge in [0.25, 0.3) is 6.43 Å². The normalized spacial score (nSPS) is 12.4. The van der Waals surface area contributed by atoms with Crippen LogP contribution in [0.5, 0.6) is 0 Å². The van der Waals surface area contributed by atoms with Crippen molar-refractivity contribution in [1.82, 2.24) is 14.8 Å². The van der Waals surface area contributed by atoms with E-state index in [9.17, 15) is 13.3 Å². The van der Waals surface area contributed by atoms with Gasteiger partial charge >= 0.3 is 0 Å². The van der Waals surface area contributed by atoms with Gasteiger partial charge in [-0.15, -0.1) is 5.10 Å². The van der Waals surface area contributed by atoms with Crippen LogP contribution in [0.4, 0.5) is 8.78 Å². The molecule has 0 saturated carbocycles. The van der Waals surface area contributed by atoms with Crippen LogP contribution in [0.15, 0.2) is 23.4 Å². The van der Waals surface area contributed by atoms with Crippen LogP contribution >= 0.6 is 0 Å². The zero-order valence-corrected chi connectivity index (χ0v) is 12.2. The van der Waals surface area contributed by atoms with Crippen LogP contribution in [0.3, 0.4) is 0 Å². The van der Waals surface area contributed by atoms with Gasteiger partial charge in [0.15, 0.2) is 10.6 Å². The first-order valence-corrected chi connectivity index (χ1v) is 7.32. The molecule has 1 atom stereocenters. The number of nitrogens with zero attached hydrogens (tertiary/aromatic N) is 4. The van der Waals surface area contributed by atoms with E-state index in [1.807, 2.05) is 6.07 Å². The molecule has 8 heteroatoms. The molecule has 0 aliphatic rings. The second-order valence-corrected chi connectivity index (χ2v) is 5.82. The minimum absolute atomic E-state index is 0.122. The minimum atomic E-state index is -2.75. The number of hydrogen-bond donors (Lipinski definition) is 0. The molecule has 0 N–H and O–H groups in total. The molecule has 110 valence electrons. The Morgan fingerprint density at radius 1 is 1.38 bits per heavy atom. The number of halogens is 2. The van der Waals surface area contributed by atoms with Crippen molar-refractivity contribution in [3.05, 3.63) is 35.4 Å². The first kappa shape index (κ1) is 15.4. The molecule has 2 rings (SSSR count). The molecule has 1 unspecified atom stereocenters. The van der Waals surface area contributed by atoms with Crippen molar-refractivity contribution in [2.45, 2.75) is 25.2 Å². The van der Waals surface area contributed by atoms with E-state index in [1.54, 1.807) is 26.0 Å². The molecule has 0 spiro atoms. The monoisotopic (exact) mass is 310 g/mol. The van der Waals surface area contributed by atoms with Crippen molar-refractivity contribution in [3.8, 4) is 11.8 Å². The van der Waals surface area contributed by atoms with E-state index in [2.05, 4.69) is 10.1 Å². The predicted octanol–water partition coefficient (Wildman–Crippen LogP) is 2.45. The number of alkyl halides is 2. The average molecular weight is 310 g/mol. The maximum absolute atomic E-state index is 12.5. The third kappa shape index (κ3) is 3.20. The number of hydrogen-bond acceptors (Lipinski definition) is 4. The summed E-state index contributed by atoms with van der Waals surface area (Å²) in [6.45, 7) is 3.58. The largest absolute Gasteiger partial charge is 0.611 e. The highest BCUT2D eigenvalue weighted by Crippen LogP contribution is 2.24.